The van der Waals surface area contributed by atoms with Crippen LogP contribution in [0.4, 0.5) is 0 Å². The van der Waals surface area contributed by atoms with E-state index in [1.165, 1.54) is 12.8 Å². The molecule has 1 saturated carbocycles. The van der Waals surface area contributed by atoms with E-state index in [1.54, 1.807) is 0 Å². The fourth-order valence-corrected chi connectivity index (χ4v) is 2.57. The van der Waals surface area contributed by atoms with Gasteiger partial charge in [-0.15, -0.1) is 0 Å². The van der Waals surface area contributed by atoms with Crippen molar-refractivity contribution in [1.82, 2.24) is 19.9 Å². The van der Waals surface area contributed by atoms with Gasteiger partial charge in [-0.25, -0.2) is 19.9 Å². The van der Waals surface area contributed by atoms with Crippen LogP contribution in [0, 0.1) is 6.92 Å². The Morgan fingerprint density at radius 1 is 1.14 bits per heavy atom. The lowest BCUT2D eigenvalue weighted by Crippen LogP contribution is -2.09. The van der Waals surface area contributed by atoms with E-state index in [2.05, 4.69) is 36.8 Å². The summed E-state index contributed by atoms with van der Waals surface area (Å²) in [5.74, 6) is 3.23. The van der Waals surface area contributed by atoms with Crippen LogP contribution in [-0.2, 0) is 6.42 Å². The van der Waals surface area contributed by atoms with Gasteiger partial charge in [0.15, 0.2) is 0 Å². The quantitative estimate of drug-likeness (QED) is 0.839. The van der Waals surface area contributed by atoms with E-state index in [4.69, 9.17) is 9.97 Å². The molecule has 0 bridgehead atoms. The van der Waals surface area contributed by atoms with Crippen LogP contribution in [0.3, 0.4) is 0 Å². The highest BCUT2D eigenvalue weighted by atomic mass is 14.9. The maximum Gasteiger partial charge on any atom is 0.131 e. The topological polar surface area (TPSA) is 51.6 Å². The van der Waals surface area contributed by atoms with Crippen molar-refractivity contribution in [3.8, 4) is 0 Å². The lowest BCUT2D eigenvalue weighted by Gasteiger charge is -2.13. The Kier molecular flexibility index (Phi) is 4.19. The van der Waals surface area contributed by atoms with E-state index < -0.39 is 0 Å². The zero-order valence-electron chi connectivity index (χ0n) is 13.9. The summed E-state index contributed by atoms with van der Waals surface area (Å²) < 4.78 is 0. The molecular weight excluding hydrogens is 272 g/mol. The average molecular weight is 296 g/mol. The highest BCUT2D eigenvalue weighted by molar-refractivity contribution is 5.20. The molecule has 1 fully saturated rings. The normalized spacial score (nSPS) is 16.0. The van der Waals surface area contributed by atoms with Gasteiger partial charge in [-0.3, -0.25) is 0 Å². The van der Waals surface area contributed by atoms with Crippen LogP contribution in [-0.4, -0.2) is 19.9 Å². The number of aromatic nitrogens is 4. The van der Waals surface area contributed by atoms with Gasteiger partial charge in [-0.1, -0.05) is 20.8 Å². The lowest BCUT2D eigenvalue weighted by molar-refractivity contribution is 0.667. The van der Waals surface area contributed by atoms with Crippen LogP contribution >= 0.6 is 0 Å². The predicted octanol–water partition coefficient (Wildman–Crippen LogP) is 3.92. The van der Waals surface area contributed by atoms with E-state index >= 15 is 0 Å². The molecule has 2 heterocycles. The van der Waals surface area contributed by atoms with Crippen molar-refractivity contribution in [1.29, 1.82) is 0 Å². The fourth-order valence-electron chi connectivity index (χ4n) is 2.57. The Labute approximate surface area is 132 Å². The van der Waals surface area contributed by atoms with Crippen LogP contribution in [0.2, 0.25) is 0 Å². The Morgan fingerprint density at radius 2 is 1.91 bits per heavy atom. The number of aryl methyl sites for hydroxylation is 1. The van der Waals surface area contributed by atoms with Crippen molar-refractivity contribution in [2.45, 2.75) is 64.7 Å². The minimum atomic E-state index is 0.266. The number of hydrogen-bond donors (Lipinski definition) is 0. The summed E-state index contributed by atoms with van der Waals surface area (Å²) in [4.78, 5) is 18.5. The molecule has 0 radical (unpaired) electrons. The smallest absolute Gasteiger partial charge is 0.131 e. The molecule has 1 unspecified atom stereocenters. The monoisotopic (exact) mass is 296 g/mol. The van der Waals surface area contributed by atoms with Gasteiger partial charge in [0.2, 0.25) is 0 Å². The van der Waals surface area contributed by atoms with Crippen molar-refractivity contribution in [2.75, 3.05) is 0 Å². The molecular formula is C18H24N4. The molecule has 0 N–H and O–H groups in total. The maximum atomic E-state index is 4.80. The van der Waals surface area contributed by atoms with Crippen LogP contribution in [0.25, 0.3) is 0 Å². The molecule has 0 aliphatic heterocycles. The zero-order valence-corrected chi connectivity index (χ0v) is 13.9. The van der Waals surface area contributed by atoms with Crippen molar-refractivity contribution in [3.63, 3.8) is 0 Å². The first-order valence-electron chi connectivity index (χ1n) is 8.20. The van der Waals surface area contributed by atoms with Crippen molar-refractivity contribution in [2.24, 2.45) is 0 Å². The van der Waals surface area contributed by atoms with Gasteiger partial charge >= 0.3 is 0 Å². The Morgan fingerprint density at radius 3 is 2.55 bits per heavy atom. The zero-order chi connectivity index (χ0) is 15.7. The summed E-state index contributed by atoms with van der Waals surface area (Å²) in [6.07, 6.45) is 5.17. The van der Waals surface area contributed by atoms with E-state index in [9.17, 15) is 0 Å². The maximum absolute atomic E-state index is 4.80. The van der Waals surface area contributed by atoms with Gasteiger partial charge in [0.05, 0.1) is 0 Å². The summed E-state index contributed by atoms with van der Waals surface area (Å²) in [5.41, 5.74) is 3.29. The van der Waals surface area contributed by atoms with Gasteiger partial charge < -0.3 is 0 Å². The molecule has 1 aliphatic rings. The molecule has 0 aromatic carbocycles. The second-order valence-electron chi connectivity index (χ2n) is 6.73. The summed E-state index contributed by atoms with van der Waals surface area (Å²) in [6.45, 7) is 8.55. The first kappa shape index (κ1) is 15.1. The van der Waals surface area contributed by atoms with Gasteiger partial charge in [0, 0.05) is 35.1 Å². The number of nitrogens with zero attached hydrogens (tertiary/aromatic N) is 4. The van der Waals surface area contributed by atoms with Crippen LogP contribution in [0.1, 0.15) is 80.1 Å². The molecule has 116 valence electrons. The molecule has 0 saturated heterocycles. The van der Waals surface area contributed by atoms with Gasteiger partial charge in [-0.2, -0.15) is 0 Å². The third kappa shape index (κ3) is 3.49. The number of hydrogen-bond acceptors (Lipinski definition) is 4. The highest BCUT2D eigenvalue weighted by Crippen LogP contribution is 2.38. The molecule has 0 spiro atoms. The number of rotatable bonds is 5. The predicted molar refractivity (Wildman–Crippen MR) is 87.0 cm³/mol. The Balaban J connectivity index is 1.84. The summed E-state index contributed by atoms with van der Waals surface area (Å²) in [5, 5.41) is 0. The van der Waals surface area contributed by atoms with Crippen molar-refractivity contribution < 1.29 is 0 Å². The molecule has 1 atom stereocenters. The average Bonchev–Trinajstić information content (AvgIpc) is 3.31. The first-order valence-corrected chi connectivity index (χ1v) is 8.20. The van der Waals surface area contributed by atoms with Crippen molar-refractivity contribution in [3.05, 3.63) is 47.1 Å². The highest BCUT2D eigenvalue weighted by Gasteiger charge is 2.27. The summed E-state index contributed by atoms with van der Waals surface area (Å²) >= 11 is 0. The second kappa shape index (κ2) is 6.11. The Bertz CT molecular complexity index is 642. The standard InChI is InChI=1S/C18H24N4/c1-11(2)16-10-15(21-18(22-16)14-5-6-14)9-12(3)17-19-8-7-13(4)20-17/h7-8,10-12,14H,5-6,9H2,1-4H3. The van der Waals surface area contributed by atoms with E-state index in [0.29, 0.717) is 11.8 Å². The minimum Gasteiger partial charge on any atom is -0.241 e. The molecule has 0 amide bonds. The van der Waals surface area contributed by atoms with Crippen LogP contribution in [0.5, 0.6) is 0 Å². The molecule has 2 aromatic heterocycles. The SMILES string of the molecule is Cc1ccnc(C(C)Cc2cc(C(C)C)nc(C3CC3)n2)n1. The van der Waals surface area contributed by atoms with Gasteiger partial charge in [0.1, 0.15) is 11.6 Å². The molecule has 1 aliphatic carbocycles. The molecule has 4 heteroatoms. The lowest BCUT2D eigenvalue weighted by atomic mass is 10.0. The molecule has 3 rings (SSSR count). The van der Waals surface area contributed by atoms with E-state index in [-0.39, 0.29) is 5.92 Å². The minimum absolute atomic E-state index is 0.266. The fraction of sp³-hybridized carbons (Fsp3) is 0.556. The molecule has 2 aromatic rings. The molecule has 22 heavy (non-hydrogen) atoms. The second-order valence-corrected chi connectivity index (χ2v) is 6.73. The van der Waals surface area contributed by atoms with Gasteiger partial charge in [-0.05, 0) is 44.2 Å². The first-order chi connectivity index (χ1) is 10.5. The summed E-state index contributed by atoms with van der Waals surface area (Å²) in [7, 11) is 0. The summed E-state index contributed by atoms with van der Waals surface area (Å²) in [6, 6.07) is 4.09. The van der Waals surface area contributed by atoms with Crippen molar-refractivity contribution >= 4 is 0 Å². The third-order valence-corrected chi connectivity index (χ3v) is 4.12. The van der Waals surface area contributed by atoms with Crippen LogP contribution < -0.4 is 0 Å². The Hall–Kier alpha value is -1.84. The van der Waals surface area contributed by atoms with Gasteiger partial charge in [0.25, 0.3) is 0 Å². The van der Waals surface area contributed by atoms with E-state index in [1.807, 2.05) is 19.2 Å². The van der Waals surface area contributed by atoms with Crippen LogP contribution in [0.15, 0.2) is 18.3 Å². The van der Waals surface area contributed by atoms with E-state index in [0.717, 1.165) is 35.2 Å². The largest absolute Gasteiger partial charge is 0.241 e. The molecule has 4 nitrogen and oxygen atoms in total. The third-order valence-electron chi connectivity index (χ3n) is 4.12.